The zero-order chi connectivity index (χ0) is 21.9. The lowest BCUT2D eigenvalue weighted by Crippen LogP contribution is -2.39. The summed E-state index contributed by atoms with van der Waals surface area (Å²) in [6.07, 6.45) is 4.62. The molecule has 0 amide bonds. The van der Waals surface area contributed by atoms with Crippen LogP contribution in [0.4, 0.5) is 14.9 Å². The maximum Gasteiger partial charge on any atom is 0.511 e. The fourth-order valence-electron chi connectivity index (χ4n) is 5.32. The molecule has 2 aliphatic heterocycles. The summed E-state index contributed by atoms with van der Waals surface area (Å²) in [5, 5.41) is 12.4. The van der Waals surface area contributed by atoms with Crippen LogP contribution >= 0.6 is 0 Å². The van der Waals surface area contributed by atoms with Gasteiger partial charge >= 0.3 is 6.16 Å². The summed E-state index contributed by atoms with van der Waals surface area (Å²) in [4.78, 5) is 25.9. The van der Waals surface area contributed by atoms with Gasteiger partial charge in [0.05, 0.1) is 29.4 Å². The van der Waals surface area contributed by atoms with E-state index in [9.17, 15) is 9.59 Å². The number of anilines is 1. The van der Waals surface area contributed by atoms with E-state index in [2.05, 4.69) is 27.1 Å². The molecule has 0 radical (unpaired) electrons. The van der Waals surface area contributed by atoms with Crippen LogP contribution in [0.25, 0.3) is 10.9 Å². The van der Waals surface area contributed by atoms with Crippen LogP contribution in [0, 0.1) is 17.7 Å². The van der Waals surface area contributed by atoms with Crippen LogP contribution in [0.15, 0.2) is 29.2 Å². The molecule has 1 aliphatic carbocycles. The second-order valence-corrected chi connectivity index (χ2v) is 8.38. The number of carbonyl (C=O) groups is 1. The van der Waals surface area contributed by atoms with Gasteiger partial charge in [-0.1, -0.05) is 12.2 Å². The van der Waals surface area contributed by atoms with Gasteiger partial charge in [0.2, 0.25) is 5.43 Å². The van der Waals surface area contributed by atoms with Crippen molar-refractivity contribution in [3.63, 3.8) is 0 Å². The van der Waals surface area contributed by atoms with Crippen molar-refractivity contribution in [3.05, 3.63) is 46.0 Å². The number of nitrogens with one attached hydrogen (secondary N) is 1. The first-order valence-corrected chi connectivity index (χ1v) is 10.4. The zero-order valence-electron chi connectivity index (χ0n) is 17.3. The molecule has 1 saturated heterocycles. The molecule has 0 spiro atoms. The highest BCUT2D eigenvalue weighted by atomic mass is 19.1. The molecule has 31 heavy (non-hydrogen) atoms. The molecule has 164 valence electrons. The highest BCUT2D eigenvalue weighted by molar-refractivity contribution is 5.89. The summed E-state index contributed by atoms with van der Waals surface area (Å²) >= 11 is 0. The van der Waals surface area contributed by atoms with Crippen molar-refractivity contribution in [3.8, 4) is 5.75 Å². The number of carboxylic acid groups (broad SMARTS) is 1. The Morgan fingerprint density at radius 1 is 1.39 bits per heavy atom. The third kappa shape index (κ3) is 3.11. The van der Waals surface area contributed by atoms with E-state index >= 15 is 4.39 Å². The molecule has 4 atom stereocenters. The van der Waals surface area contributed by atoms with E-state index in [1.165, 1.54) is 12.3 Å². The predicted octanol–water partition coefficient (Wildman–Crippen LogP) is 2.85. The van der Waals surface area contributed by atoms with E-state index in [4.69, 9.17) is 9.84 Å². The van der Waals surface area contributed by atoms with Crippen LogP contribution in [0.2, 0.25) is 0 Å². The Kier molecular flexibility index (Phi) is 4.75. The average Bonchev–Trinajstić information content (AvgIpc) is 3.16. The number of benzene rings is 1. The lowest BCUT2D eigenvalue weighted by atomic mass is 9.83. The molecule has 1 aromatic heterocycles. The van der Waals surface area contributed by atoms with E-state index < -0.39 is 23.6 Å². The summed E-state index contributed by atoms with van der Waals surface area (Å²) in [5.41, 5.74) is 0.976. The van der Waals surface area contributed by atoms with Gasteiger partial charge in [-0.25, -0.2) is 9.18 Å². The number of fused-ring (bicyclic) bond motifs is 1. The van der Waals surface area contributed by atoms with Crippen LogP contribution < -0.4 is 20.4 Å². The second kappa shape index (κ2) is 7.35. The quantitative estimate of drug-likeness (QED) is 0.573. The lowest BCUT2D eigenvalue weighted by Gasteiger charge is -2.31. The smallest absolute Gasteiger partial charge is 0.449 e. The standard InChI is InChI=1S/C22H24FN3O5/c1-11-26-9-18(31-22(28)29)21(27)13-6-16(23)20(15(10-30-11)19(13)26)25-7-12-4-3-5-17(24-2)14(12)8-25/h3-4,6,9,11-12,14,17,24H,5,7-8,10H2,1-2H3,(H,28,29). The van der Waals surface area contributed by atoms with Crippen LogP contribution in [0.3, 0.4) is 0 Å². The van der Waals surface area contributed by atoms with E-state index in [0.29, 0.717) is 47.7 Å². The maximum absolute atomic E-state index is 15.5. The monoisotopic (exact) mass is 429 g/mol. The third-order valence-corrected chi connectivity index (χ3v) is 6.75. The van der Waals surface area contributed by atoms with Crippen LogP contribution in [0.1, 0.15) is 25.1 Å². The second-order valence-electron chi connectivity index (χ2n) is 8.38. The highest BCUT2D eigenvalue weighted by Crippen LogP contribution is 2.42. The molecule has 5 rings (SSSR count). The first kappa shape index (κ1) is 20.0. The summed E-state index contributed by atoms with van der Waals surface area (Å²) in [6, 6.07) is 1.54. The van der Waals surface area contributed by atoms with Crippen LogP contribution in [-0.2, 0) is 11.3 Å². The molecule has 2 aromatic rings. The number of nitrogens with zero attached hydrogens (tertiary/aromatic N) is 2. The summed E-state index contributed by atoms with van der Waals surface area (Å²) < 4.78 is 27.6. The maximum atomic E-state index is 15.5. The Morgan fingerprint density at radius 2 is 2.19 bits per heavy atom. The Bertz CT molecular complexity index is 1160. The number of pyridine rings is 1. The average molecular weight is 429 g/mol. The summed E-state index contributed by atoms with van der Waals surface area (Å²) in [7, 11) is 1.95. The van der Waals surface area contributed by atoms with Gasteiger partial charge in [0.15, 0.2) is 5.75 Å². The molecule has 1 aromatic carbocycles. The van der Waals surface area contributed by atoms with Crippen LogP contribution in [0.5, 0.6) is 5.75 Å². The number of ether oxygens (including phenoxy) is 2. The normalized spacial score (nSPS) is 26.9. The van der Waals surface area contributed by atoms with Gasteiger partial charge in [-0.15, -0.1) is 0 Å². The van der Waals surface area contributed by atoms with Gasteiger partial charge in [0.1, 0.15) is 12.0 Å². The van der Waals surface area contributed by atoms with Crippen molar-refractivity contribution >= 4 is 22.7 Å². The zero-order valence-corrected chi connectivity index (χ0v) is 17.3. The minimum Gasteiger partial charge on any atom is -0.449 e. The number of halogens is 1. The van der Waals surface area contributed by atoms with Gasteiger partial charge in [-0.05, 0) is 32.4 Å². The molecule has 8 nitrogen and oxygen atoms in total. The SMILES string of the molecule is CNC1CC=CC2CN(c3c(F)cc4c(=O)c(OC(=O)O)cn5c4c3COC5C)CC21. The van der Waals surface area contributed by atoms with Crippen molar-refractivity contribution in [2.24, 2.45) is 11.8 Å². The molecule has 9 heteroatoms. The molecule has 0 bridgehead atoms. The van der Waals surface area contributed by atoms with E-state index in [1.807, 2.05) is 7.05 Å². The van der Waals surface area contributed by atoms with Gasteiger partial charge in [-0.2, -0.15) is 0 Å². The van der Waals surface area contributed by atoms with Crippen molar-refractivity contribution < 1.29 is 23.8 Å². The highest BCUT2D eigenvalue weighted by Gasteiger charge is 2.40. The van der Waals surface area contributed by atoms with Gasteiger partial charge in [0.25, 0.3) is 0 Å². The number of hydrogen-bond donors (Lipinski definition) is 2. The van der Waals surface area contributed by atoms with E-state index in [0.717, 1.165) is 6.42 Å². The molecule has 0 saturated carbocycles. The van der Waals surface area contributed by atoms with E-state index in [1.54, 1.807) is 11.5 Å². The fourth-order valence-corrected chi connectivity index (χ4v) is 5.32. The number of rotatable bonds is 3. The minimum absolute atomic E-state index is 0.0924. The molecular weight excluding hydrogens is 405 g/mol. The Hall–Kier alpha value is -2.91. The molecule has 3 aliphatic rings. The molecular formula is C22H24FN3O5. The van der Waals surface area contributed by atoms with Crippen molar-refractivity contribution in [1.29, 1.82) is 0 Å². The molecule has 4 unspecified atom stereocenters. The fraction of sp³-hybridized carbons (Fsp3) is 0.455. The van der Waals surface area contributed by atoms with Crippen molar-refractivity contribution in [2.45, 2.75) is 32.2 Å². The van der Waals surface area contributed by atoms with E-state index in [-0.39, 0.29) is 17.7 Å². The molecule has 3 heterocycles. The van der Waals surface area contributed by atoms with Crippen molar-refractivity contribution in [1.82, 2.24) is 9.88 Å². The number of aromatic nitrogens is 1. The molecule has 1 fully saturated rings. The topological polar surface area (TPSA) is 93.0 Å². The van der Waals surface area contributed by atoms with Crippen LogP contribution in [-0.4, -0.2) is 42.0 Å². The Labute approximate surface area is 177 Å². The van der Waals surface area contributed by atoms with Gasteiger partial charge < -0.3 is 29.4 Å². The summed E-state index contributed by atoms with van der Waals surface area (Å²) in [5.74, 6) is -0.190. The lowest BCUT2D eigenvalue weighted by molar-refractivity contribution is -0.00204. The first-order chi connectivity index (χ1) is 14.9. The third-order valence-electron chi connectivity index (χ3n) is 6.75. The molecule has 2 N–H and O–H groups in total. The number of hydrogen-bond acceptors (Lipinski definition) is 6. The van der Waals surface area contributed by atoms with Gasteiger partial charge in [0, 0.05) is 30.6 Å². The summed E-state index contributed by atoms with van der Waals surface area (Å²) in [6.45, 7) is 3.35. The first-order valence-electron chi connectivity index (χ1n) is 10.4. The predicted molar refractivity (Wildman–Crippen MR) is 112 cm³/mol. The Morgan fingerprint density at radius 3 is 2.94 bits per heavy atom. The van der Waals surface area contributed by atoms with Crippen molar-refractivity contribution in [2.75, 3.05) is 25.0 Å². The van der Waals surface area contributed by atoms with Gasteiger partial charge in [-0.3, -0.25) is 4.79 Å². The Balaban J connectivity index is 1.67. The largest absolute Gasteiger partial charge is 0.511 e. The minimum atomic E-state index is -1.60.